The molecule has 2 N–H and O–H groups in total. The summed E-state index contributed by atoms with van der Waals surface area (Å²) in [4.78, 5) is 17.5. The van der Waals surface area contributed by atoms with Crippen LogP contribution < -0.4 is 15.5 Å². The zero-order valence-corrected chi connectivity index (χ0v) is 12.8. The number of thioether (sulfide) groups is 1. The molecule has 1 aliphatic heterocycles. The van der Waals surface area contributed by atoms with Crippen LogP contribution in [0.3, 0.4) is 0 Å². The van der Waals surface area contributed by atoms with E-state index in [9.17, 15) is 0 Å². The van der Waals surface area contributed by atoms with Crippen molar-refractivity contribution < 1.29 is 0 Å². The Morgan fingerprint density at radius 2 is 1.71 bits per heavy atom. The Balaban J connectivity index is 1.65. The number of nitrogen functional groups attached to an aromatic ring is 1. The summed E-state index contributed by atoms with van der Waals surface area (Å²) in [5.74, 6) is 1.98. The fraction of sp³-hybridized carbons (Fsp3) is 0.357. The van der Waals surface area contributed by atoms with Crippen molar-refractivity contribution in [3.05, 3.63) is 30.7 Å². The quantitative estimate of drug-likeness (QED) is 0.680. The summed E-state index contributed by atoms with van der Waals surface area (Å²) in [7, 11) is 0. The van der Waals surface area contributed by atoms with Crippen molar-refractivity contribution in [1.82, 2.24) is 15.0 Å². The zero-order chi connectivity index (χ0) is 14.7. The summed E-state index contributed by atoms with van der Waals surface area (Å²) in [6, 6.07) is 5.91. The summed E-state index contributed by atoms with van der Waals surface area (Å²) in [6.07, 6.45) is 5.36. The van der Waals surface area contributed by atoms with Crippen molar-refractivity contribution >= 4 is 29.1 Å². The molecule has 6 nitrogen and oxygen atoms in total. The van der Waals surface area contributed by atoms with Crippen LogP contribution in [-0.4, -0.2) is 47.4 Å². The van der Waals surface area contributed by atoms with Crippen LogP contribution in [0.4, 0.5) is 17.3 Å². The van der Waals surface area contributed by atoms with E-state index in [2.05, 4.69) is 24.8 Å². The maximum Gasteiger partial charge on any atom is 0.133 e. The van der Waals surface area contributed by atoms with Crippen LogP contribution >= 0.6 is 11.8 Å². The molecule has 3 heterocycles. The third kappa shape index (κ3) is 3.18. The van der Waals surface area contributed by atoms with Crippen LogP contribution in [0.2, 0.25) is 0 Å². The normalized spacial score (nSPS) is 15.3. The van der Waals surface area contributed by atoms with Gasteiger partial charge in [-0.05, 0) is 18.4 Å². The molecule has 2 aromatic heterocycles. The number of nitrogens with two attached hydrogens (primary N) is 1. The van der Waals surface area contributed by atoms with Gasteiger partial charge >= 0.3 is 0 Å². The van der Waals surface area contributed by atoms with Crippen molar-refractivity contribution in [3.8, 4) is 0 Å². The van der Waals surface area contributed by atoms with Gasteiger partial charge in [0.05, 0.1) is 11.9 Å². The minimum absolute atomic E-state index is 0.697. The number of hydrogen-bond donors (Lipinski definition) is 1. The van der Waals surface area contributed by atoms with Crippen LogP contribution in [0, 0.1) is 0 Å². The van der Waals surface area contributed by atoms with Crippen molar-refractivity contribution in [3.63, 3.8) is 0 Å². The molecule has 1 fully saturated rings. The fourth-order valence-corrected chi connectivity index (χ4v) is 2.74. The molecule has 21 heavy (non-hydrogen) atoms. The van der Waals surface area contributed by atoms with E-state index in [1.165, 1.54) is 0 Å². The Bertz CT molecular complexity index is 595. The third-order valence-corrected chi connectivity index (χ3v) is 4.18. The SMILES string of the molecule is CSc1cc(N2CCN(c3ccc(N)cn3)CC2)ncn1. The molecule has 0 saturated carbocycles. The van der Waals surface area contributed by atoms with Gasteiger partial charge < -0.3 is 15.5 Å². The Kier molecular flexibility index (Phi) is 4.10. The lowest BCUT2D eigenvalue weighted by Gasteiger charge is -2.36. The smallest absolute Gasteiger partial charge is 0.133 e. The van der Waals surface area contributed by atoms with Crippen molar-refractivity contribution in [2.75, 3.05) is 48.0 Å². The number of anilines is 3. The molecular weight excluding hydrogens is 284 g/mol. The molecule has 2 aromatic rings. The second-order valence-electron chi connectivity index (χ2n) is 4.84. The summed E-state index contributed by atoms with van der Waals surface area (Å²) in [5.41, 5.74) is 6.37. The number of rotatable bonds is 3. The van der Waals surface area contributed by atoms with Gasteiger partial charge in [-0.2, -0.15) is 0 Å². The zero-order valence-electron chi connectivity index (χ0n) is 11.9. The number of nitrogens with zero attached hydrogens (tertiary/aromatic N) is 5. The minimum atomic E-state index is 0.697. The van der Waals surface area contributed by atoms with Crippen LogP contribution in [-0.2, 0) is 0 Å². The van der Waals surface area contributed by atoms with Crippen molar-refractivity contribution in [2.45, 2.75) is 5.03 Å². The molecule has 3 rings (SSSR count). The molecule has 1 saturated heterocycles. The number of hydrogen-bond acceptors (Lipinski definition) is 7. The Hall–Kier alpha value is -2.02. The van der Waals surface area contributed by atoms with Gasteiger partial charge in [0.25, 0.3) is 0 Å². The van der Waals surface area contributed by atoms with E-state index < -0.39 is 0 Å². The third-order valence-electron chi connectivity index (χ3n) is 3.54. The Labute approximate surface area is 128 Å². The van der Waals surface area contributed by atoms with Gasteiger partial charge in [0.15, 0.2) is 0 Å². The predicted molar refractivity (Wildman–Crippen MR) is 86.9 cm³/mol. The lowest BCUT2D eigenvalue weighted by atomic mass is 10.3. The van der Waals surface area contributed by atoms with Gasteiger partial charge in [-0.25, -0.2) is 15.0 Å². The van der Waals surface area contributed by atoms with Crippen LogP contribution in [0.5, 0.6) is 0 Å². The van der Waals surface area contributed by atoms with E-state index in [-0.39, 0.29) is 0 Å². The number of aromatic nitrogens is 3. The van der Waals surface area contributed by atoms with E-state index in [0.29, 0.717) is 5.69 Å². The molecular formula is C14H18N6S. The largest absolute Gasteiger partial charge is 0.397 e. The van der Waals surface area contributed by atoms with E-state index >= 15 is 0 Å². The maximum absolute atomic E-state index is 5.68. The molecule has 110 valence electrons. The molecule has 0 amide bonds. The van der Waals surface area contributed by atoms with Gasteiger partial charge in [0.2, 0.25) is 0 Å². The average Bonchev–Trinajstić information content (AvgIpc) is 2.56. The summed E-state index contributed by atoms with van der Waals surface area (Å²) < 4.78 is 0. The highest BCUT2D eigenvalue weighted by Gasteiger charge is 2.19. The molecule has 1 aliphatic rings. The molecule has 0 radical (unpaired) electrons. The van der Waals surface area contributed by atoms with E-state index in [1.54, 1.807) is 24.3 Å². The van der Waals surface area contributed by atoms with Crippen LogP contribution in [0.15, 0.2) is 35.7 Å². The molecule has 0 aromatic carbocycles. The van der Waals surface area contributed by atoms with Gasteiger partial charge in [-0.15, -0.1) is 11.8 Å². The summed E-state index contributed by atoms with van der Waals surface area (Å²) >= 11 is 1.64. The highest BCUT2D eigenvalue weighted by molar-refractivity contribution is 7.98. The van der Waals surface area contributed by atoms with E-state index in [1.807, 2.05) is 24.5 Å². The first-order chi connectivity index (χ1) is 10.3. The van der Waals surface area contributed by atoms with Gasteiger partial charge in [-0.3, -0.25) is 0 Å². The summed E-state index contributed by atoms with van der Waals surface area (Å²) in [6.45, 7) is 3.71. The number of pyridine rings is 1. The van der Waals surface area contributed by atoms with Crippen molar-refractivity contribution in [1.29, 1.82) is 0 Å². The molecule has 0 aliphatic carbocycles. The molecule has 0 unspecified atom stereocenters. The summed E-state index contributed by atoms with van der Waals surface area (Å²) in [5, 5.41) is 1.00. The van der Waals surface area contributed by atoms with Gasteiger partial charge in [-0.1, -0.05) is 0 Å². The molecule has 0 atom stereocenters. The first-order valence-electron chi connectivity index (χ1n) is 6.84. The fourth-order valence-electron chi connectivity index (χ4n) is 2.36. The average molecular weight is 302 g/mol. The van der Waals surface area contributed by atoms with E-state index in [0.717, 1.165) is 42.8 Å². The topological polar surface area (TPSA) is 71.2 Å². The maximum atomic E-state index is 5.68. The molecule has 7 heteroatoms. The first kappa shape index (κ1) is 13.9. The first-order valence-corrected chi connectivity index (χ1v) is 8.06. The Morgan fingerprint density at radius 3 is 2.33 bits per heavy atom. The lowest BCUT2D eigenvalue weighted by Crippen LogP contribution is -2.47. The Morgan fingerprint density at radius 1 is 1.00 bits per heavy atom. The molecule has 0 bridgehead atoms. The highest BCUT2D eigenvalue weighted by atomic mass is 32.2. The highest BCUT2D eigenvalue weighted by Crippen LogP contribution is 2.20. The van der Waals surface area contributed by atoms with Gasteiger partial charge in [0, 0.05) is 32.2 Å². The second-order valence-corrected chi connectivity index (χ2v) is 5.67. The van der Waals surface area contributed by atoms with Crippen LogP contribution in [0.1, 0.15) is 0 Å². The standard InChI is InChI=1S/C14H18N6S/c1-21-14-8-13(17-10-18-14)20-6-4-19(5-7-20)12-3-2-11(15)9-16-12/h2-3,8-10H,4-7,15H2,1H3. The lowest BCUT2D eigenvalue weighted by molar-refractivity contribution is 0.640. The number of piperazine rings is 1. The van der Waals surface area contributed by atoms with Crippen LogP contribution in [0.25, 0.3) is 0 Å². The predicted octanol–water partition coefficient (Wildman–Crippen LogP) is 1.50. The van der Waals surface area contributed by atoms with Gasteiger partial charge in [0.1, 0.15) is 23.0 Å². The molecule has 0 spiro atoms. The van der Waals surface area contributed by atoms with Crippen molar-refractivity contribution in [2.24, 2.45) is 0 Å². The van der Waals surface area contributed by atoms with E-state index in [4.69, 9.17) is 5.73 Å². The second kappa shape index (κ2) is 6.17. The monoisotopic (exact) mass is 302 g/mol. The minimum Gasteiger partial charge on any atom is -0.397 e.